The summed E-state index contributed by atoms with van der Waals surface area (Å²) in [4.78, 5) is 13.0. The lowest BCUT2D eigenvalue weighted by molar-refractivity contribution is -0.122. The molecule has 4 aromatic rings. The standard InChI is InChI=1S/C26H25N3O5/c1-4-20(24(30)27-18-14-15-22(31-2)23(16-18)32-3)33-21-13-9-8-12-19(21)26-29-28-25(34-26)17-10-6-5-7-11-17/h5-16,20H,4H2,1-3H3,(H,27,30). The van der Waals surface area contributed by atoms with Crippen molar-refractivity contribution in [3.05, 3.63) is 72.8 Å². The Morgan fingerprint density at radius 1 is 0.882 bits per heavy atom. The second-order valence-corrected chi connectivity index (χ2v) is 7.35. The van der Waals surface area contributed by atoms with Crippen LogP contribution >= 0.6 is 0 Å². The van der Waals surface area contributed by atoms with Crippen LogP contribution in [0.25, 0.3) is 22.9 Å². The molecule has 0 saturated heterocycles. The molecule has 8 heteroatoms. The molecule has 0 fully saturated rings. The summed E-state index contributed by atoms with van der Waals surface area (Å²) in [6.45, 7) is 1.88. The van der Waals surface area contributed by atoms with Crippen molar-refractivity contribution in [3.8, 4) is 40.2 Å². The highest BCUT2D eigenvalue weighted by Crippen LogP contribution is 2.33. The molecule has 1 heterocycles. The summed E-state index contributed by atoms with van der Waals surface area (Å²) in [5.74, 6) is 1.99. The number of methoxy groups -OCH3 is 2. The van der Waals surface area contributed by atoms with Crippen LogP contribution in [0.4, 0.5) is 5.69 Å². The van der Waals surface area contributed by atoms with Gasteiger partial charge in [0.2, 0.25) is 5.89 Å². The van der Waals surface area contributed by atoms with Gasteiger partial charge in [-0.25, -0.2) is 0 Å². The topological polar surface area (TPSA) is 95.7 Å². The van der Waals surface area contributed by atoms with E-state index < -0.39 is 6.10 Å². The summed E-state index contributed by atoms with van der Waals surface area (Å²) in [5, 5.41) is 11.2. The highest BCUT2D eigenvalue weighted by Gasteiger charge is 2.22. The second-order valence-electron chi connectivity index (χ2n) is 7.35. The van der Waals surface area contributed by atoms with Crippen LogP contribution in [-0.2, 0) is 4.79 Å². The molecule has 1 N–H and O–H groups in total. The van der Waals surface area contributed by atoms with Crippen LogP contribution in [0.5, 0.6) is 17.2 Å². The van der Waals surface area contributed by atoms with E-state index in [0.29, 0.717) is 46.7 Å². The minimum Gasteiger partial charge on any atom is -0.493 e. The molecule has 4 rings (SSSR count). The molecule has 0 aliphatic carbocycles. The number of nitrogens with one attached hydrogen (secondary N) is 1. The van der Waals surface area contributed by atoms with Crippen LogP contribution in [0.2, 0.25) is 0 Å². The Morgan fingerprint density at radius 3 is 2.32 bits per heavy atom. The average Bonchev–Trinajstić information content (AvgIpc) is 3.38. The van der Waals surface area contributed by atoms with Gasteiger partial charge in [-0.2, -0.15) is 0 Å². The lowest BCUT2D eigenvalue weighted by Crippen LogP contribution is -2.32. The smallest absolute Gasteiger partial charge is 0.265 e. The SMILES string of the molecule is CCC(Oc1ccccc1-c1nnc(-c2ccccc2)o1)C(=O)Nc1ccc(OC)c(OC)c1. The number of aromatic nitrogens is 2. The van der Waals surface area contributed by atoms with Crippen molar-refractivity contribution < 1.29 is 23.4 Å². The number of hydrogen-bond acceptors (Lipinski definition) is 7. The van der Waals surface area contributed by atoms with Gasteiger partial charge in [0.05, 0.1) is 19.8 Å². The molecule has 3 aromatic carbocycles. The third kappa shape index (κ3) is 5.01. The lowest BCUT2D eigenvalue weighted by atomic mass is 10.2. The zero-order valence-electron chi connectivity index (χ0n) is 19.1. The third-order valence-electron chi connectivity index (χ3n) is 5.15. The predicted molar refractivity (Wildman–Crippen MR) is 128 cm³/mol. The molecule has 1 aromatic heterocycles. The van der Waals surface area contributed by atoms with Gasteiger partial charge in [-0.15, -0.1) is 10.2 Å². The van der Waals surface area contributed by atoms with Crippen LogP contribution in [0.15, 0.2) is 77.2 Å². The molecule has 174 valence electrons. The maximum atomic E-state index is 13.0. The third-order valence-corrected chi connectivity index (χ3v) is 5.15. The van der Waals surface area contributed by atoms with Gasteiger partial charge in [-0.05, 0) is 42.8 Å². The van der Waals surface area contributed by atoms with Gasteiger partial charge < -0.3 is 23.9 Å². The number of para-hydroxylation sites is 1. The van der Waals surface area contributed by atoms with Gasteiger partial charge in [0.15, 0.2) is 17.6 Å². The first-order valence-electron chi connectivity index (χ1n) is 10.8. The fraction of sp³-hybridized carbons (Fsp3) is 0.192. The van der Waals surface area contributed by atoms with E-state index in [1.165, 1.54) is 0 Å². The van der Waals surface area contributed by atoms with Crippen LogP contribution < -0.4 is 19.5 Å². The number of rotatable bonds is 9. The van der Waals surface area contributed by atoms with Gasteiger partial charge in [0, 0.05) is 17.3 Å². The van der Waals surface area contributed by atoms with E-state index in [-0.39, 0.29) is 5.91 Å². The van der Waals surface area contributed by atoms with E-state index in [4.69, 9.17) is 18.6 Å². The number of nitrogens with zero attached hydrogens (tertiary/aromatic N) is 2. The summed E-state index contributed by atoms with van der Waals surface area (Å²) in [7, 11) is 3.10. The van der Waals surface area contributed by atoms with Crippen molar-refractivity contribution in [2.24, 2.45) is 0 Å². The number of benzene rings is 3. The Morgan fingerprint density at radius 2 is 1.59 bits per heavy atom. The van der Waals surface area contributed by atoms with Gasteiger partial charge in [-0.1, -0.05) is 37.3 Å². The molecule has 0 bridgehead atoms. The van der Waals surface area contributed by atoms with Crippen molar-refractivity contribution in [1.82, 2.24) is 10.2 Å². The van der Waals surface area contributed by atoms with E-state index in [2.05, 4.69) is 15.5 Å². The lowest BCUT2D eigenvalue weighted by Gasteiger charge is -2.19. The van der Waals surface area contributed by atoms with Gasteiger partial charge in [0.1, 0.15) is 5.75 Å². The van der Waals surface area contributed by atoms with Gasteiger partial charge in [0.25, 0.3) is 11.8 Å². The summed E-state index contributed by atoms with van der Waals surface area (Å²) in [6.07, 6.45) is -0.294. The molecular weight excluding hydrogens is 434 g/mol. The number of anilines is 1. The molecular formula is C26H25N3O5. The molecule has 1 unspecified atom stereocenters. The van der Waals surface area contributed by atoms with Crippen molar-refractivity contribution in [1.29, 1.82) is 0 Å². The number of ether oxygens (including phenoxy) is 3. The summed E-state index contributed by atoms with van der Waals surface area (Å²) < 4.78 is 22.5. The maximum Gasteiger partial charge on any atom is 0.265 e. The Hall–Kier alpha value is -4.33. The Labute approximate surface area is 197 Å². The number of amides is 1. The fourth-order valence-electron chi connectivity index (χ4n) is 3.39. The first-order chi connectivity index (χ1) is 16.6. The van der Waals surface area contributed by atoms with Crippen LogP contribution in [0, 0.1) is 0 Å². The molecule has 8 nitrogen and oxygen atoms in total. The highest BCUT2D eigenvalue weighted by atomic mass is 16.5. The van der Waals surface area contributed by atoms with E-state index in [0.717, 1.165) is 5.56 Å². The zero-order chi connectivity index (χ0) is 23.9. The van der Waals surface area contributed by atoms with Gasteiger partial charge >= 0.3 is 0 Å². The number of carbonyl (C=O) groups is 1. The molecule has 0 spiro atoms. The minimum atomic E-state index is -0.745. The van der Waals surface area contributed by atoms with E-state index in [1.54, 1.807) is 38.5 Å². The molecule has 34 heavy (non-hydrogen) atoms. The Kier molecular flexibility index (Phi) is 7.07. The normalized spacial score (nSPS) is 11.5. The van der Waals surface area contributed by atoms with E-state index in [9.17, 15) is 4.79 Å². The van der Waals surface area contributed by atoms with Crippen molar-refractivity contribution >= 4 is 11.6 Å². The second kappa shape index (κ2) is 10.5. The molecule has 0 aliphatic rings. The van der Waals surface area contributed by atoms with Gasteiger partial charge in [-0.3, -0.25) is 4.79 Å². The zero-order valence-corrected chi connectivity index (χ0v) is 19.1. The molecule has 0 aliphatic heterocycles. The first kappa shape index (κ1) is 22.8. The molecule has 1 amide bonds. The van der Waals surface area contributed by atoms with Crippen molar-refractivity contribution in [2.45, 2.75) is 19.4 Å². The summed E-state index contributed by atoms with van der Waals surface area (Å²) in [6, 6.07) is 21.9. The first-order valence-corrected chi connectivity index (χ1v) is 10.8. The summed E-state index contributed by atoms with van der Waals surface area (Å²) >= 11 is 0. The Bertz CT molecular complexity index is 1260. The average molecular weight is 460 g/mol. The largest absolute Gasteiger partial charge is 0.493 e. The van der Waals surface area contributed by atoms with Crippen molar-refractivity contribution in [3.63, 3.8) is 0 Å². The van der Waals surface area contributed by atoms with Crippen LogP contribution in [0.3, 0.4) is 0 Å². The predicted octanol–water partition coefficient (Wildman–Crippen LogP) is 5.22. The van der Waals surface area contributed by atoms with E-state index >= 15 is 0 Å². The molecule has 1 atom stereocenters. The fourth-order valence-corrected chi connectivity index (χ4v) is 3.39. The Balaban J connectivity index is 1.53. The maximum absolute atomic E-state index is 13.0. The van der Waals surface area contributed by atoms with Crippen LogP contribution in [-0.4, -0.2) is 36.4 Å². The number of carbonyl (C=O) groups excluding carboxylic acids is 1. The summed E-state index contributed by atoms with van der Waals surface area (Å²) in [5.41, 5.74) is 2.00. The highest BCUT2D eigenvalue weighted by molar-refractivity contribution is 5.94. The van der Waals surface area contributed by atoms with Crippen molar-refractivity contribution in [2.75, 3.05) is 19.5 Å². The monoisotopic (exact) mass is 459 g/mol. The van der Waals surface area contributed by atoms with Crippen LogP contribution in [0.1, 0.15) is 13.3 Å². The molecule has 0 saturated carbocycles. The van der Waals surface area contributed by atoms with E-state index in [1.807, 2.05) is 55.5 Å². The number of hydrogen-bond donors (Lipinski definition) is 1. The quantitative estimate of drug-likeness (QED) is 0.367. The molecule has 0 radical (unpaired) electrons. The minimum absolute atomic E-state index is 0.292.